The quantitative estimate of drug-likeness (QED) is 0.158. The zero-order chi connectivity index (χ0) is 47.6. The second-order valence-electron chi connectivity index (χ2n) is 17.1. The molecule has 0 aliphatic heterocycles. The van der Waals surface area contributed by atoms with Crippen molar-refractivity contribution in [2.45, 2.75) is 0 Å². The van der Waals surface area contributed by atoms with E-state index in [0.29, 0.717) is 5.56 Å². The maximum absolute atomic E-state index is 9.00. The fourth-order valence-electron chi connectivity index (χ4n) is 10.9. The minimum absolute atomic E-state index is 0.195. The van der Waals surface area contributed by atoms with E-state index in [2.05, 4.69) is 174 Å². The van der Waals surface area contributed by atoms with E-state index in [9.17, 15) is 0 Å². The van der Waals surface area contributed by atoms with Gasteiger partial charge in [-0.05, 0) is 113 Å². The normalized spacial score (nSPS) is 13.0. The van der Waals surface area contributed by atoms with Crippen molar-refractivity contribution in [3.63, 3.8) is 0 Å². The third-order valence-corrected chi connectivity index (χ3v) is 13.7. The molecular weight excluding hydrogens is 799 g/mol. The molecule has 306 valence electrons. The lowest BCUT2D eigenvalue weighted by Gasteiger charge is -2.18. The molecule has 0 saturated carbocycles. The highest BCUT2D eigenvalue weighted by molar-refractivity contribution is 6.25. The van der Waals surface area contributed by atoms with Gasteiger partial charge in [-0.25, -0.2) is 0 Å². The van der Waals surface area contributed by atoms with Gasteiger partial charge >= 0.3 is 0 Å². The molecule has 0 fully saturated rings. The van der Waals surface area contributed by atoms with Gasteiger partial charge in [0, 0.05) is 38.4 Å². The first-order chi connectivity index (χ1) is 34.9. The lowest BCUT2D eigenvalue weighted by molar-refractivity contribution is 0.670. The molecule has 0 unspecified atom stereocenters. The molecule has 0 amide bonds. The van der Waals surface area contributed by atoms with E-state index >= 15 is 0 Å². The second kappa shape index (κ2) is 14.4. The lowest BCUT2D eigenvalue weighted by atomic mass is 9.85. The summed E-state index contributed by atoms with van der Waals surface area (Å²) >= 11 is 0. The van der Waals surface area contributed by atoms with Gasteiger partial charge in [-0.2, -0.15) is 0 Å². The Bertz CT molecular complexity index is 4390. The largest absolute Gasteiger partial charge is 0.455 e. The molecule has 0 spiro atoms. The standard InChI is InChI=1S/C64H39NO/c1-2-17-40(18-3-1)60-46-21-4-6-23-48(46)62(49-24-7-5-22-47(49)60)42-35-38-59-56(39-42)54-29-16-30-55(64(54)66-59)63-52-27-10-8-25-50(52)61(51-26-9-11-28-53(51)63)41-33-36-43(37-34-41)65-57-31-14-12-19-44(57)45-20-13-15-32-58(45)65/h1-39H/i1D,2D,3D,17D,18D. The van der Waals surface area contributed by atoms with Gasteiger partial charge < -0.3 is 8.98 Å². The Kier molecular flexibility index (Phi) is 6.99. The van der Waals surface area contributed by atoms with Gasteiger partial charge in [0.15, 0.2) is 0 Å². The third-order valence-electron chi connectivity index (χ3n) is 13.7. The molecule has 12 aromatic carbocycles. The van der Waals surface area contributed by atoms with Crippen molar-refractivity contribution < 1.29 is 11.3 Å². The van der Waals surface area contributed by atoms with Crippen molar-refractivity contribution in [2.75, 3.05) is 0 Å². The summed E-state index contributed by atoms with van der Waals surface area (Å²) in [6.45, 7) is 0. The van der Waals surface area contributed by atoms with Crippen LogP contribution in [0.1, 0.15) is 6.85 Å². The molecule has 14 aromatic rings. The first-order valence-corrected chi connectivity index (χ1v) is 22.3. The van der Waals surface area contributed by atoms with Crippen LogP contribution in [0.2, 0.25) is 0 Å². The first kappa shape index (κ1) is 32.0. The molecule has 0 radical (unpaired) electrons. The predicted molar refractivity (Wildman–Crippen MR) is 280 cm³/mol. The van der Waals surface area contributed by atoms with E-state index in [1.165, 1.54) is 27.4 Å². The molecule has 2 nitrogen and oxygen atoms in total. The average molecular weight is 843 g/mol. The number of hydrogen-bond acceptors (Lipinski definition) is 1. The number of furan rings is 1. The minimum atomic E-state index is -0.408. The fraction of sp³-hybridized carbons (Fsp3) is 0. The second-order valence-corrected chi connectivity index (χ2v) is 17.1. The number of para-hydroxylation sites is 3. The Morgan fingerprint density at radius 2 is 0.742 bits per heavy atom. The number of hydrogen-bond donors (Lipinski definition) is 0. The summed E-state index contributed by atoms with van der Waals surface area (Å²) in [5.74, 6) is 0. The Hall–Kier alpha value is -8.72. The van der Waals surface area contributed by atoms with Crippen LogP contribution in [0, 0.1) is 0 Å². The van der Waals surface area contributed by atoms with Crippen molar-refractivity contribution in [1.29, 1.82) is 0 Å². The highest BCUT2D eigenvalue weighted by atomic mass is 16.3. The highest BCUT2D eigenvalue weighted by Crippen LogP contribution is 2.49. The summed E-state index contributed by atoms with van der Waals surface area (Å²) in [6, 6.07) is 71.0. The molecule has 0 atom stereocenters. The average Bonchev–Trinajstić information content (AvgIpc) is 3.97. The number of fused-ring (bicyclic) bond motifs is 10. The molecule has 66 heavy (non-hydrogen) atoms. The van der Waals surface area contributed by atoms with Gasteiger partial charge in [0.1, 0.15) is 11.2 Å². The van der Waals surface area contributed by atoms with Crippen LogP contribution in [0.3, 0.4) is 0 Å². The third kappa shape index (κ3) is 5.36. The number of aromatic nitrogens is 1. The van der Waals surface area contributed by atoms with Crippen LogP contribution in [0.4, 0.5) is 0 Å². The van der Waals surface area contributed by atoms with Crippen LogP contribution in [0.25, 0.3) is 137 Å². The maximum atomic E-state index is 9.00. The molecule has 2 aromatic heterocycles. The van der Waals surface area contributed by atoms with Crippen molar-refractivity contribution in [3.05, 3.63) is 236 Å². The van der Waals surface area contributed by atoms with E-state index in [1.54, 1.807) is 0 Å². The van der Waals surface area contributed by atoms with E-state index in [4.69, 9.17) is 11.3 Å². The van der Waals surface area contributed by atoms with E-state index in [1.807, 2.05) is 36.4 Å². The lowest BCUT2D eigenvalue weighted by Crippen LogP contribution is -1.94. The summed E-state index contributed by atoms with van der Waals surface area (Å²) in [6.07, 6.45) is 0. The van der Waals surface area contributed by atoms with Crippen LogP contribution in [0.15, 0.2) is 241 Å². The molecular formula is C64H39NO. The zero-order valence-corrected chi connectivity index (χ0v) is 35.5. The number of benzene rings is 12. The fourth-order valence-corrected chi connectivity index (χ4v) is 10.9. The summed E-state index contributed by atoms with van der Waals surface area (Å²) in [7, 11) is 0. The molecule has 14 rings (SSSR count). The Morgan fingerprint density at radius 3 is 1.27 bits per heavy atom. The molecule has 0 aliphatic carbocycles. The molecule has 0 N–H and O–H groups in total. The van der Waals surface area contributed by atoms with E-state index in [-0.39, 0.29) is 29.7 Å². The van der Waals surface area contributed by atoms with Crippen LogP contribution in [-0.2, 0) is 0 Å². The van der Waals surface area contributed by atoms with E-state index < -0.39 is 6.04 Å². The summed E-state index contributed by atoms with van der Waals surface area (Å²) in [5.41, 5.74) is 12.3. The Labute approximate surface area is 387 Å². The Balaban J connectivity index is 0.949. The topological polar surface area (TPSA) is 18.1 Å². The molecule has 0 aliphatic rings. The SMILES string of the molecule is [2H]c1c([2H])c([2H])c(-c2c3ccccc3c(-c3ccc4oc5c(-c6c7ccccc7c(-c7ccc(-n8c9ccccc9c9ccccc98)cc7)c7ccccc67)cccc5c4c3)c3ccccc23)c([2H])c1[2H]. The first-order valence-electron chi connectivity index (χ1n) is 24.8. The zero-order valence-electron chi connectivity index (χ0n) is 40.5. The Morgan fingerprint density at radius 1 is 0.318 bits per heavy atom. The van der Waals surface area contributed by atoms with Crippen molar-refractivity contribution in [1.82, 2.24) is 4.57 Å². The predicted octanol–water partition coefficient (Wildman–Crippen LogP) is 18.0. The molecule has 0 bridgehead atoms. The van der Waals surface area contributed by atoms with Gasteiger partial charge in [-0.3, -0.25) is 0 Å². The number of nitrogens with zero attached hydrogens (tertiary/aromatic N) is 1. The van der Waals surface area contributed by atoms with Crippen LogP contribution in [-0.4, -0.2) is 4.57 Å². The molecule has 0 saturated heterocycles. The van der Waals surface area contributed by atoms with Crippen LogP contribution >= 0.6 is 0 Å². The van der Waals surface area contributed by atoms with Gasteiger partial charge in [-0.1, -0.05) is 200 Å². The van der Waals surface area contributed by atoms with Gasteiger partial charge in [0.25, 0.3) is 0 Å². The maximum Gasteiger partial charge on any atom is 0.143 e. The number of rotatable bonds is 5. The van der Waals surface area contributed by atoms with Crippen LogP contribution in [0.5, 0.6) is 0 Å². The van der Waals surface area contributed by atoms with Gasteiger partial charge in [0.2, 0.25) is 0 Å². The smallest absolute Gasteiger partial charge is 0.143 e. The molecule has 2 heteroatoms. The van der Waals surface area contributed by atoms with Gasteiger partial charge in [-0.15, -0.1) is 0 Å². The summed E-state index contributed by atoms with van der Waals surface area (Å²) in [4.78, 5) is 0. The molecule has 2 heterocycles. The highest BCUT2D eigenvalue weighted by Gasteiger charge is 2.22. The monoisotopic (exact) mass is 842 g/mol. The minimum Gasteiger partial charge on any atom is -0.455 e. The van der Waals surface area contributed by atoms with Crippen LogP contribution < -0.4 is 0 Å². The van der Waals surface area contributed by atoms with Crippen molar-refractivity contribution >= 4 is 86.8 Å². The summed E-state index contributed by atoms with van der Waals surface area (Å²) in [5, 5.41) is 12.5. The van der Waals surface area contributed by atoms with E-state index in [0.717, 1.165) is 98.5 Å². The van der Waals surface area contributed by atoms with Crippen molar-refractivity contribution in [3.8, 4) is 50.2 Å². The van der Waals surface area contributed by atoms with Crippen molar-refractivity contribution in [2.24, 2.45) is 0 Å². The van der Waals surface area contributed by atoms with Gasteiger partial charge in [0.05, 0.1) is 17.9 Å². The summed E-state index contributed by atoms with van der Waals surface area (Å²) < 4.78 is 52.7.